The molecule has 3 rings (SSSR count). The Morgan fingerprint density at radius 3 is 2.03 bits per heavy atom. The fourth-order valence-electron chi connectivity index (χ4n) is 2.87. The van der Waals surface area contributed by atoms with Crippen LogP contribution in [0.1, 0.15) is 47.1 Å². The van der Waals surface area contributed by atoms with Crippen LogP contribution < -0.4 is 4.57 Å². The van der Waals surface area contributed by atoms with E-state index in [0.717, 1.165) is 16.8 Å². The molecule has 1 N–H and O–H groups in total. The van der Waals surface area contributed by atoms with Gasteiger partial charge in [-0.2, -0.15) is 18.6 Å². The molecule has 0 fully saturated rings. The van der Waals surface area contributed by atoms with Crippen LogP contribution in [0.5, 0.6) is 0 Å². The standard InChI is InChI=1S/C17H14N.C11H20O2.Ir/c1-13-7-3-5-9-15(13)17-16-10-6-4-8-14(16)11-12-18(17)2;1-10(2,3)8(12)7-9(13)11(4,5)6;/h3-12H,1-2H2;7,12H,1-6H3;/q-1;;/b;8-7-;. The number of ketones is 1. The zero-order valence-corrected chi connectivity index (χ0v) is 22.3. The van der Waals surface area contributed by atoms with Crippen molar-refractivity contribution in [1.29, 1.82) is 0 Å². The van der Waals surface area contributed by atoms with Crippen molar-refractivity contribution in [2.24, 2.45) is 10.8 Å². The largest absolute Gasteiger partial charge is 0.512 e. The van der Waals surface area contributed by atoms with E-state index in [1.807, 2.05) is 70.5 Å². The molecule has 0 saturated carbocycles. The van der Waals surface area contributed by atoms with Crippen molar-refractivity contribution in [1.82, 2.24) is 0 Å². The summed E-state index contributed by atoms with van der Waals surface area (Å²) in [4.78, 5) is 11.5. The first-order chi connectivity index (χ1) is 14.3. The zero-order valence-electron chi connectivity index (χ0n) is 19.9. The van der Waals surface area contributed by atoms with Crippen molar-refractivity contribution >= 4 is 16.6 Å². The third-order valence-electron chi connectivity index (χ3n) is 4.99. The maximum Gasteiger partial charge on any atom is 0.164 e. The van der Waals surface area contributed by atoms with Gasteiger partial charge in [-0.25, -0.2) is 0 Å². The van der Waals surface area contributed by atoms with Gasteiger partial charge in [0, 0.05) is 44.1 Å². The average molecular weight is 609 g/mol. The van der Waals surface area contributed by atoms with E-state index >= 15 is 0 Å². The van der Waals surface area contributed by atoms with E-state index in [1.54, 1.807) is 0 Å². The van der Waals surface area contributed by atoms with E-state index < -0.39 is 5.41 Å². The molecule has 0 bridgehead atoms. The number of pyridine rings is 1. The summed E-state index contributed by atoms with van der Waals surface area (Å²) in [6.07, 6.45) is 3.32. The first kappa shape index (κ1) is 27.5. The second-order valence-electron chi connectivity index (χ2n) is 9.77. The van der Waals surface area contributed by atoms with E-state index in [2.05, 4.69) is 50.4 Å². The van der Waals surface area contributed by atoms with E-state index in [4.69, 9.17) is 0 Å². The Hall–Kier alpha value is -2.55. The van der Waals surface area contributed by atoms with Gasteiger partial charge in [0.1, 0.15) is 5.76 Å². The number of carbonyl (C=O) groups excluding carboxylic acids is 1. The molecular formula is C28H34IrNO2-. The second kappa shape index (κ2) is 10.8. The minimum absolute atomic E-state index is 0. The van der Waals surface area contributed by atoms with Gasteiger partial charge in [0.2, 0.25) is 0 Å². The number of hydrogen-bond acceptors (Lipinski definition) is 2. The molecule has 2 aromatic carbocycles. The van der Waals surface area contributed by atoms with E-state index in [9.17, 15) is 9.90 Å². The van der Waals surface area contributed by atoms with Gasteiger partial charge >= 0.3 is 0 Å². The summed E-state index contributed by atoms with van der Waals surface area (Å²) in [6.45, 7) is 15.2. The predicted octanol–water partition coefficient (Wildman–Crippen LogP) is 6.70. The van der Waals surface area contributed by atoms with Crippen molar-refractivity contribution in [3.8, 4) is 11.3 Å². The summed E-state index contributed by atoms with van der Waals surface area (Å²) in [5.41, 5.74) is 2.49. The van der Waals surface area contributed by atoms with Gasteiger partial charge in [0.25, 0.3) is 0 Å². The van der Waals surface area contributed by atoms with Crippen molar-refractivity contribution in [2.45, 2.75) is 41.5 Å². The number of hydrogen-bond donors (Lipinski definition) is 1. The zero-order chi connectivity index (χ0) is 23.4. The fourth-order valence-corrected chi connectivity index (χ4v) is 2.87. The van der Waals surface area contributed by atoms with Crippen LogP contribution in [0.25, 0.3) is 22.0 Å². The van der Waals surface area contributed by atoms with Gasteiger partial charge in [0.15, 0.2) is 5.78 Å². The summed E-state index contributed by atoms with van der Waals surface area (Å²) in [6, 6.07) is 18.6. The molecule has 0 saturated heterocycles. The van der Waals surface area contributed by atoms with Crippen LogP contribution in [0.4, 0.5) is 0 Å². The van der Waals surface area contributed by atoms with E-state index in [-0.39, 0.29) is 37.1 Å². The van der Waals surface area contributed by atoms with Gasteiger partial charge in [0.05, 0.1) is 11.9 Å². The van der Waals surface area contributed by atoms with Gasteiger partial charge in [-0.1, -0.05) is 71.9 Å². The molecule has 173 valence electrons. The van der Waals surface area contributed by atoms with Crippen LogP contribution in [-0.4, -0.2) is 10.9 Å². The summed E-state index contributed by atoms with van der Waals surface area (Å²) >= 11 is 0. The number of fused-ring (bicyclic) bond motifs is 1. The molecule has 0 atom stereocenters. The number of aliphatic hydroxyl groups is 1. The van der Waals surface area contributed by atoms with Crippen LogP contribution in [0.3, 0.4) is 0 Å². The Balaban J connectivity index is 0.000000330. The van der Waals surface area contributed by atoms with Crippen molar-refractivity contribution < 1.29 is 34.6 Å². The van der Waals surface area contributed by atoms with Crippen molar-refractivity contribution in [2.75, 3.05) is 0 Å². The smallest absolute Gasteiger partial charge is 0.164 e. The first-order valence-electron chi connectivity index (χ1n) is 10.4. The molecule has 1 heterocycles. The van der Waals surface area contributed by atoms with Crippen LogP contribution >= 0.6 is 0 Å². The monoisotopic (exact) mass is 609 g/mol. The van der Waals surface area contributed by atoms with Gasteiger partial charge in [-0.05, 0) is 16.8 Å². The normalized spacial score (nSPS) is 11.9. The third kappa shape index (κ3) is 6.98. The summed E-state index contributed by atoms with van der Waals surface area (Å²) in [5, 5.41) is 12.0. The molecule has 0 amide bonds. The Bertz CT molecular complexity index is 1100. The number of benzene rings is 2. The number of allylic oxidation sites excluding steroid dienone is 2. The molecule has 0 aliphatic heterocycles. The molecule has 0 spiro atoms. The van der Waals surface area contributed by atoms with Crippen molar-refractivity contribution in [3.05, 3.63) is 92.2 Å². The molecule has 0 aliphatic carbocycles. The molecule has 3 aromatic rings. The van der Waals surface area contributed by atoms with Crippen LogP contribution in [0.2, 0.25) is 0 Å². The molecule has 1 aromatic heterocycles. The Kier molecular flexibility index (Phi) is 9.32. The quantitative estimate of drug-likeness (QED) is 0.152. The Morgan fingerprint density at radius 2 is 1.47 bits per heavy atom. The topological polar surface area (TPSA) is 41.2 Å². The predicted molar refractivity (Wildman–Crippen MR) is 129 cm³/mol. The van der Waals surface area contributed by atoms with Crippen LogP contribution in [0.15, 0.2) is 72.6 Å². The molecule has 0 unspecified atom stereocenters. The number of aliphatic hydroxyl groups excluding tert-OH is 1. The first-order valence-corrected chi connectivity index (χ1v) is 10.4. The van der Waals surface area contributed by atoms with Crippen molar-refractivity contribution in [3.63, 3.8) is 0 Å². The van der Waals surface area contributed by atoms with Crippen LogP contribution in [-0.2, 0) is 24.9 Å². The van der Waals surface area contributed by atoms with E-state index in [0.29, 0.717) is 0 Å². The second-order valence-corrected chi connectivity index (χ2v) is 9.77. The molecule has 3 nitrogen and oxygen atoms in total. The minimum Gasteiger partial charge on any atom is -0.512 e. The molecular weight excluding hydrogens is 575 g/mol. The number of carbonyl (C=O) groups is 1. The van der Waals surface area contributed by atoms with Gasteiger partial charge in [-0.15, -0.1) is 17.7 Å². The molecule has 4 heteroatoms. The number of nitrogens with zero attached hydrogens (tertiary/aromatic N) is 1. The summed E-state index contributed by atoms with van der Waals surface area (Å²) < 4.78 is 1.91. The molecule has 0 aliphatic rings. The summed E-state index contributed by atoms with van der Waals surface area (Å²) in [5.74, 6) is 0.104. The molecule has 1 radical (unpaired) electrons. The minimum atomic E-state index is -0.417. The number of aromatic nitrogens is 1. The maximum atomic E-state index is 11.5. The van der Waals surface area contributed by atoms with E-state index in [1.165, 1.54) is 16.8 Å². The number of rotatable bonds is 2. The average Bonchev–Trinajstić information content (AvgIpc) is 2.68. The Labute approximate surface area is 206 Å². The third-order valence-corrected chi connectivity index (χ3v) is 4.99. The molecule has 32 heavy (non-hydrogen) atoms. The van der Waals surface area contributed by atoms with Crippen LogP contribution in [0, 0.1) is 24.8 Å². The Morgan fingerprint density at radius 1 is 0.906 bits per heavy atom. The maximum absolute atomic E-state index is 11.5. The van der Waals surface area contributed by atoms with Gasteiger partial charge < -0.3 is 9.67 Å². The fraction of sp³-hybridized carbons (Fsp3) is 0.286. The van der Waals surface area contributed by atoms with Gasteiger partial charge in [-0.3, -0.25) is 4.79 Å². The SMILES string of the molecule is CC(C)(C)C(=O)/C=C(\O)C(C)(C)C.[CH2-]c1ccccc1-c1c2ccccc2cc[n+]1[CH2-].[Ir]. The summed E-state index contributed by atoms with van der Waals surface area (Å²) in [7, 11) is 4.08.